The molecule has 0 aliphatic carbocycles. The predicted molar refractivity (Wildman–Crippen MR) is 72.1 cm³/mol. The molecule has 0 saturated heterocycles. The molecule has 0 aliphatic rings. The van der Waals surface area contributed by atoms with Gasteiger partial charge in [0.05, 0.1) is 7.11 Å². The summed E-state index contributed by atoms with van der Waals surface area (Å²) in [5.74, 6) is 0.0825. The minimum absolute atomic E-state index is 0.129. The van der Waals surface area contributed by atoms with Crippen molar-refractivity contribution >= 4 is 11.7 Å². The minimum atomic E-state index is -0.806. The van der Waals surface area contributed by atoms with Gasteiger partial charge in [0.25, 0.3) is 0 Å². The van der Waals surface area contributed by atoms with Crippen molar-refractivity contribution in [2.45, 2.75) is 32.7 Å². The number of hydrogen-bond acceptors (Lipinski definition) is 3. The third-order valence-corrected chi connectivity index (χ3v) is 3.20. The highest BCUT2D eigenvalue weighted by molar-refractivity contribution is 5.77. The van der Waals surface area contributed by atoms with Gasteiger partial charge in [-0.25, -0.2) is 4.79 Å². The van der Waals surface area contributed by atoms with Crippen molar-refractivity contribution in [2.24, 2.45) is 5.92 Å². The molecule has 1 aromatic rings. The number of benzene rings is 1. The van der Waals surface area contributed by atoms with E-state index in [2.05, 4.69) is 5.32 Å². The molecule has 18 heavy (non-hydrogen) atoms. The van der Waals surface area contributed by atoms with Crippen LogP contribution in [0, 0.1) is 5.92 Å². The second-order valence-electron chi connectivity index (χ2n) is 4.27. The fourth-order valence-corrected chi connectivity index (χ4v) is 2.01. The van der Waals surface area contributed by atoms with Gasteiger partial charge in [0.2, 0.25) is 0 Å². The summed E-state index contributed by atoms with van der Waals surface area (Å²) in [6.07, 6.45) is 1.69. The molecule has 4 heteroatoms. The lowest BCUT2D eigenvalue weighted by atomic mass is 9.94. The summed E-state index contributed by atoms with van der Waals surface area (Å²) in [5, 5.41) is 12.4. The van der Waals surface area contributed by atoms with Crippen LogP contribution in [0.4, 0.5) is 5.69 Å². The predicted octanol–water partition coefficient (Wildman–Crippen LogP) is 3.00. The first-order valence-electron chi connectivity index (χ1n) is 6.25. The fraction of sp³-hybridized carbons (Fsp3) is 0.500. The third kappa shape index (κ3) is 3.65. The lowest BCUT2D eigenvalue weighted by Gasteiger charge is -2.23. The first-order valence-corrected chi connectivity index (χ1v) is 6.25. The van der Waals surface area contributed by atoms with Crippen LogP contribution >= 0.6 is 0 Å². The first kappa shape index (κ1) is 14.4. The maximum Gasteiger partial charge on any atom is 0.326 e. The van der Waals surface area contributed by atoms with Crippen LogP contribution < -0.4 is 10.1 Å². The Balaban J connectivity index is 2.79. The van der Waals surface area contributed by atoms with Crippen LogP contribution in [0.5, 0.6) is 5.75 Å². The van der Waals surface area contributed by atoms with Gasteiger partial charge in [-0.15, -0.1) is 0 Å². The SMILES string of the molecule is CCC(CC)C(Nc1ccc(OC)cc1)C(=O)O. The van der Waals surface area contributed by atoms with E-state index in [1.54, 1.807) is 7.11 Å². The van der Waals surface area contributed by atoms with Gasteiger partial charge < -0.3 is 15.2 Å². The number of methoxy groups -OCH3 is 1. The quantitative estimate of drug-likeness (QED) is 0.782. The molecule has 4 nitrogen and oxygen atoms in total. The summed E-state index contributed by atoms with van der Waals surface area (Å²) >= 11 is 0. The second-order valence-corrected chi connectivity index (χ2v) is 4.27. The Morgan fingerprint density at radius 1 is 1.28 bits per heavy atom. The number of rotatable bonds is 7. The average Bonchev–Trinajstić information content (AvgIpc) is 2.39. The molecule has 0 heterocycles. The van der Waals surface area contributed by atoms with E-state index in [-0.39, 0.29) is 5.92 Å². The van der Waals surface area contributed by atoms with Crippen molar-refractivity contribution < 1.29 is 14.6 Å². The largest absolute Gasteiger partial charge is 0.497 e. The van der Waals surface area contributed by atoms with Gasteiger partial charge in [-0.1, -0.05) is 26.7 Å². The Bertz CT molecular complexity index is 371. The molecule has 0 bridgehead atoms. The van der Waals surface area contributed by atoms with E-state index in [0.717, 1.165) is 24.3 Å². The zero-order chi connectivity index (χ0) is 13.5. The van der Waals surface area contributed by atoms with E-state index in [9.17, 15) is 9.90 Å². The molecule has 1 atom stereocenters. The van der Waals surface area contributed by atoms with Gasteiger partial charge in [0, 0.05) is 5.69 Å². The normalized spacial score (nSPS) is 12.2. The summed E-state index contributed by atoms with van der Waals surface area (Å²) in [4.78, 5) is 11.3. The smallest absolute Gasteiger partial charge is 0.326 e. The van der Waals surface area contributed by atoms with Crippen molar-refractivity contribution in [3.8, 4) is 5.75 Å². The standard InChI is InChI=1S/C14H21NO3/c1-4-10(5-2)13(14(16)17)15-11-6-8-12(18-3)9-7-11/h6-10,13,15H,4-5H2,1-3H3,(H,16,17). The molecule has 0 amide bonds. The molecule has 0 spiro atoms. The van der Waals surface area contributed by atoms with E-state index >= 15 is 0 Å². The number of hydrogen-bond donors (Lipinski definition) is 2. The van der Waals surface area contributed by atoms with E-state index in [0.29, 0.717) is 0 Å². The molecule has 0 radical (unpaired) electrons. The van der Waals surface area contributed by atoms with Crippen LogP contribution in [0.1, 0.15) is 26.7 Å². The van der Waals surface area contributed by atoms with Gasteiger partial charge in [0.1, 0.15) is 11.8 Å². The number of carbonyl (C=O) groups is 1. The van der Waals surface area contributed by atoms with Crippen LogP contribution in [0.3, 0.4) is 0 Å². The maximum absolute atomic E-state index is 11.3. The summed E-state index contributed by atoms with van der Waals surface area (Å²) < 4.78 is 5.07. The highest BCUT2D eigenvalue weighted by Gasteiger charge is 2.25. The lowest BCUT2D eigenvalue weighted by molar-refractivity contribution is -0.139. The molecule has 0 saturated carbocycles. The molecule has 1 rings (SSSR count). The van der Waals surface area contributed by atoms with Gasteiger partial charge in [-0.2, -0.15) is 0 Å². The Kier molecular flexibility index (Phi) is 5.49. The third-order valence-electron chi connectivity index (χ3n) is 3.20. The van der Waals surface area contributed by atoms with E-state index in [1.165, 1.54) is 0 Å². The van der Waals surface area contributed by atoms with Crippen molar-refractivity contribution in [2.75, 3.05) is 12.4 Å². The molecule has 1 aromatic carbocycles. The lowest BCUT2D eigenvalue weighted by Crippen LogP contribution is -2.36. The molecule has 2 N–H and O–H groups in total. The molecule has 100 valence electrons. The Hall–Kier alpha value is -1.71. The van der Waals surface area contributed by atoms with Gasteiger partial charge in [0.15, 0.2) is 0 Å². The van der Waals surface area contributed by atoms with Gasteiger partial charge in [-0.05, 0) is 30.2 Å². The minimum Gasteiger partial charge on any atom is -0.497 e. The van der Waals surface area contributed by atoms with E-state index in [4.69, 9.17) is 4.74 Å². The van der Waals surface area contributed by atoms with Crippen molar-refractivity contribution in [3.63, 3.8) is 0 Å². The molecule has 0 aromatic heterocycles. The zero-order valence-corrected chi connectivity index (χ0v) is 11.1. The van der Waals surface area contributed by atoms with Crippen LogP contribution in [0.25, 0.3) is 0 Å². The monoisotopic (exact) mass is 251 g/mol. The van der Waals surface area contributed by atoms with Crippen molar-refractivity contribution in [1.29, 1.82) is 0 Å². The maximum atomic E-state index is 11.3. The molecular formula is C14H21NO3. The fourth-order valence-electron chi connectivity index (χ4n) is 2.01. The van der Waals surface area contributed by atoms with Crippen LogP contribution in [-0.4, -0.2) is 24.2 Å². The highest BCUT2D eigenvalue weighted by atomic mass is 16.5. The van der Waals surface area contributed by atoms with Gasteiger partial charge in [-0.3, -0.25) is 0 Å². The zero-order valence-electron chi connectivity index (χ0n) is 11.1. The first-order chi connectivity index (χ1) is 8.62. The van der Waals surface area contributed by atoms with Crippen LogP contribution in [0.15, 0.2) is 24.3 Å². The molecular weight excluding hydrogens is 230 g/mol. The Labute approximate surface area is 108 Å². The van der Waals surface area contributed by atoms with Crippen LogP contribution in [0.2, 0.25) is 0 Å². The van der Waals surface area contributed by atoms with Crippen molar-refractivity contribution in [1.82, 2.24) is 0 Å². The van der Waals surface area contributed by atoms with E-state index in [1.807, 2.05) is 38.1 Å². The number of anilines is 1. The Morgan fingerprint density at radius 2 is 1.83 bits per heavy atom. The molecule has 0 fully saturated rings. The number of ether oxygens (including phenoxy) is 1. The van der Waals surface area contributed by atoms with Crippen molar-refractivity contribution in [3.05, 3.63) is 24.3 Å². The Morgan fingerprint density at radius 3 is 2.22 bits per heavy atom. The molecule has 0 aliphatic heterocycles. The van der Waals surface area contributed by atoms with E-state index < -0.39 is 12.0 Å². The number of carboxylic acids is 1. The summed E-state index contributed by atoms with van der Waals surface area (Å²) in [5.41, 5.74) is 0.801. The number of carboxylic acid groups (broad SMARTS) is 1. The number of aliphatic carboxylic acids is 1. The van der Waals surface area contributed by atoms with Crippen LogP contribution in [-0.2, 0) is 4.79 Å². The summed E-state index contributed by atoms with van der Waals surface area (Å²) in [6, 6.07) is 6.74. The number of nitrogens with one attached hydrogen (secondary N) is 1. The molecule has 1 unspecified atom stereocenters. The highest BCUT2D eigenvalue weighted by Crippen LogP contribution is 2.20. The van der Waals surface area contributed by atoms with Gasteiger partial charge >= 0.3 is 5.97 Å². The second kappa shape index (κ2) is 6.89. The summed E-state index contributed by atoms with van der Waals surface area (Å²) in [7, 11) is 1.60. The topological polar surface area (TPSA) is 58.6 Å². The summed E-state index contributed by atoms with van der Waals surface area (Å²) in [6.45, 7) is 4.03. The average molecular weight is 251 g/mol.